The summed E-state index contributed by atoms with van der Waals surface area (Å²) in [7, 11) is 0. The maximum Gasteiger partial charge on any atom is 0.320 e. The van der Waals surface area contributed by atoms with E-state index in [4.69, 9.17) is 0 Å². The van der Waals surface area contributed by atoms with Crippen molar-refractivity contribution in [3.8, 4) is 11.3 Å². The van der Waals surface area contributed by atoms with Crippen molar-refractivity contribution in [3.05, 3.63) is 64.7 Å². The first-order valence-electron chi connectivity index (χ1n) is 7.79. The molecule has 1 unspecified atom stereocenters. The zero-order valence-corrected chi connectivity index (χ0v) is 13.9. The van der Waals surface area contributed by atoms with Gasteiger partial charge in [-0.05, 0) is 34.4 Å². The normalized spacial score (nSPS) is 12.2. The number of nitrogens with zero attached hydrogens (tertiary/aromatic N) is 1. The van der Waals surface area contributed by atoms with Gasteiger partial charge in [0.25, 0.3) is 0 Å². The molecule has 0 radical (unpaired) electrons. The lowest BCUT2D eigenvalue weighted by Crippen LogP contribution is -2.36. The predicted octanol–water partition coefficient (Wildman–Crippen LogP) is 3.31. The smallest absolute Gasteiger partial charge is 0.320 e. The van der Waals surface area contributed by atoms with Crippen LogP contribution in [0.15, 0.2) is 53.4 Å². The van der Waals surface area contributed by atoms with Gasteiger partial charge in [0, 0.05) is 13.0 Å². The highest BCUT2D eigenvalue weighted by Crippen LogP contribution is 2.17. The quantitative estimate of drug-likeness (QED) is 0.587. The minimum atomic E-state index is -0.833. The molecule has 5 nitrogen and oxygen atoms in total. The van der Waals surface area contributed by atoms with E-state index in [1.165, 1.54) is 0 Å². The SMILES string of the molecule is O=C(O)C(CCc1ncc(-c2ccccc2)[nH]1)NCc1ccsc1. The Hall–Kier alpha value is -2.44. The van der Waals surface area contributed by atoms with Gasteiger partial charge in [-0.3, -0.25) is 4.79 Å². The number of carboxylic acids is 1. The Morgan fingerprint density at radius 3 is 2.83 bits per heavy atom. The summed E-state index contributed by atoms with van der Waals surface area (Å²) in [5.74, 6) is -0.0301. The molecule has 2 heterocycles. The molecule has 124 valence electrons. The van der Waals surface area contributed by atoms with Crippen LogP contribution in [-0.2, 0) is 17.8 Å². The second-order valence-corrected chi connectivity index (χ2v) is 6.33. The summed E-state index contributed by atoms with van der Waals surface area (Å²) in [6.45, 7) is 0.563. The van der Waals surface area contributed by atoms with Crippen molar-refractivity contribution in [1.29, 1.82) is 0 Å². The van der Waals surface area contributed by atoms with E-state index in [2.05, 4.69) is 15.3 Å². The van der Waals surface area contributed by atoms with Crippen LogP contribution in [0, 0.1) is 0 Å². The maximum atomic E-state index is 11.4. The molecule has 6 heteroatoms. The van der Waals surface area contributed by atoms with Crippen molar-refractivity contribution in [2.45, 2.75) is 25.4 Å². The van der Waals surface area contributed by atoms with Gasteiger partial charge in [0.1, 0.15) is 11.9 Å². The third-order valence-corrected chi connectivity index (χ3v) is 4.55. The van der Waals surface area contributed by atoms with Crippen molar-refractivity contribution in [1.82, 2.24) is 15.3 Å². The van der Waals surface area contributed by atoms with Gasteiger partial charge in [0.05, 0.1) is 11.9 Å². The second kappa shape index (κ2) is 7.90. The van der Waals surface area contributed by atoms with Crippen LogP contribution in [0.1, 0.15) is 17.8 Å². The highest BCUT2D eigenvalue weighted by molar-refractivity contribution is 7.07. The van der Waals surface area contributed by atoms with Gasteiger partial charge in [-0.15, -0.1) is 0 Å². The van der Waals surface area contributed by atoms with E-state index >= 15 is 0 Å². The first-order valence-corrected chi connectivity index (χ1v) is 8.73. The number of aryl methyl sites for hydroxylation is 1. The summed E-state index contributed by atoms with van der Waals surface area (Å²) in [4.78, 5) is 19.0. The van der Waals surface area contributed by atoms with Crippen molar-refractivity contribution in [2.24, 2.45) is 0 Å². The summed E-state index contributed by atoms with van der Waals surface area (Å²) in [5.41, 5.74) is 3.13. The minimum Gasteiger partial charge on any atom is -0.480 e. The highest BCUT2D eigenvalue weighted by Gasteiger charge is 2.17. The van der Waals surface area contributed by atoms with Crippen LogP contribution in [-0.4, -0.2) is 27.1 Å². The van der Waals surface area contributed by atoms with Gasteiger partial charge < -0.3 is 15.4 Å². The van der Waals surface area contributed by atoms with Crippen LogP contribution in [0.3, 0.4) is 0 Å². The predicted molar refractivity (Wildman–Crippen MR) is 94.9 cm³/mol. The van der Waals surface area contributed by atoms with Crippen LogP contribution < -0.4 is 5.32 Å². The molecule has 1 atom stereocenters. The van der Waals surface area contributed by atoms with Crippen molar-refractivity contribution in [2.75, 3.05) is 0 Å². The molecule has 2 aromatic heterocycles. The number of aromatic amines is 1. The fourth-order valence-corrected chi connectivity index (χ4v) is 3.15. The number of H-pyrrole nitrogens is 1. The van der Waals surface area contributed by atoms with Gasteiger partial charge in [0.15, 0.2) is 0 Å². The number of aromatic nitrogens is 2. The molecule has 1 aromatic carbocycles. The first kappa shape index (κ1) is 16.4. The van der Waals surface area contributed by atoms with Crippen LogP contribution in [0.2, 0.25) is 0 Å². The lowest BCUT2D eigenvalue weighted by Gasteiger charge is -2.13. The monoisotopic (exact) mass is 341 g/mol. The van der Waals surface area contributed by atoms with Gasteiger partial charge >= 0.3 is 5.97 Å². The summed E-state index contributed by atoms with van der Waals surface area (Å²) >= 11 is 1.61. The molecule has 0 fully saturated rings. The summed E-state index contributed by atoms with van der Waals surface area (Å²) < 4.78 is 0. The van der Waals surface area contributed by atoms with Crippen molar-refractivity contribution >= 4 is 17.3 Å². The number of carboxylic acid groups (broad SMARTS) is 1. The molecular formula is C18H19N3O2S. The number of hydrogen-bond acceptors (Lipinski definition) is 4. The molecule has 0 spiro atoms. The van der Waals surface area contributed by atoms with Crippen LogP contribution >= 0.6 is 11.3 Å². The Kier molecular flexibility index (Phi) is 5.40. The average molecular weight is 341 g/mol. The molecule has 24 heavy (non-hydrogen) atoms. The number of aliphatic carboxylic acids is 1. The van der Waals surface area contributed by atoms with Crippen molar-refractivity contribution < 1.29 is 9.90 Å². The fraction of sp³-hybridized carbons (Fsp3) is 0.222. The number of nitrogens with one attached hydrogen (secondary N) is 2. The Bertz CT molecular complexity index is 769. The topological polar surface area (TPSA) is 78.0 Å². The van der Waals surface area contributed by atoms with E-state index in [9.17, 15) is 9.90 Å². The molecule has 0 saturated carbocycles. The largest absolute Gasteiger partial charge is 0.480 e. The van der Waals surface area contributed by atoms with Gasteiger partial charge in [-0.25, -0.2) is 4.98 Å². The van der Waals surface area contributed by atoms with Crippen LogP contribution in [0.5, 0.6) is 0 Å². The second-order valence-electron chi connectivity index (χ2n) is 5.55. The molecule has 0 saturated heterocycles. The Balaban J connectivity index is 1.56. The molecule has 3 rings (SSSR count). The van der Waals surface area contributed by atoms with E-state index in [0.29, 0.717) is 19.4 Å². The molecule has 0 aliphatic heterocycles. The Morgan fingerprint density at radius 1 is 1.29 bits per heavy atom. The van der Waals surface area contributed by atoms with Crippen LogP contribution in [0.4, 0.5) is 0 Å². The summed E-state index contributed by atoms with van der Waals surface area (Å²) in [6, 6.07) is 11.4. The number of thiophene rings is 1. The molecule has 0 aliphatic carbocycles. The Labute approximate surface area is 144 Å². The number of carbonyl (C=O) groups is 1. The average Bonchev–Trinajstić information content (AvgIpc) is 3.27. The number of imidazole rings is 1. The Morgan fingerprint density at radius 2 is 2.12 bits per heavy atom. The van der Waals surface area contributed by atoms with E-state index < -0.39 is 12.0 Å². The lowest BCUT2D eigenvalue weighted by molar-refractivity contribution is -0.139. The van der Waals surface area contributed by atoms with E-state index in [-0.39, 0.29) is 0 Å². The third kappa shape index (κ3) is 4.31. The maximum absolute atomic E-state index is 11.4. The minimum absolute atomic E-state index is 0.487. The molecule has 0 bridgehead atoms. The van der Waals surface area contributed by atoms with Crippen LogP contribution in [0.25, 0.3) is 11.3 Å². The number of hydrogen-bond donors (Lipinski definition) is 3. The summed E-state index contributed by atoms with van der Waals surface area (Å²) in [5, 5.41) is 16.5. The van der Waals surface area contributed by atoms with Gasteiger partial charge in [-0.1, -0.05) is 30.3 Å². The van der Waals surface area contributed by atoms with Gasteiger partial charge in [-0.2, -0.15) is 11.3 Å². The zero-order valence-electron chi connectivity index (χ0n) is 13.1. The molecule has 0 amide bonds. The molecular weight excluding hydrogens is 322 g/mol. The molecule has 3 N–H and O–H groups in total. The first-order chi connectivity index (χ1) is 11.7. The molecule has 3 aromatic rings. The van der Waals surface area contributed by atoms with E-state index in [0.717, 1.165) is 22.6 Å². The highest BCUT2D eigenvalue weighted by atomic mass is 32.1. The fourth-order valence-electron chi connectivity index (χ4n) is 2.48. The third-order valence-electron chi connectivity index (χ3n) is 3.81. The van der Waals surface area contributed by atoms with E-state index in [1.807, 2.05) is 47.2 Å². The van der Waals surface area contributed by atoms with E-state index in [1.54, 1.807) is 17.5 Å². The van der Waals surface area contributed by atoms with Gasteiger partial charge in [0.2, 0.25) is 0 Å². The standard InChI is InChI=1S/C18H19N3O2S/c22-18(23)15(19-10-13-8-9-24-12-13)6-7-17-20-11-16(21-17)14-4-2-1-3-5-14/h1-5,8-9,11-12,15,19H,6-7,10H2,(H,20,21)(H,22,23). The summed E-state index contributed by atoms with van der Waals surface area (Å²) in [6.07, 6.45) is 2.86. The number of benzene rings is 1. The lowest BCUT2D eigenvalue weighted by atomic mass is 10.1. The molecule has 0 aliphatic rings. The van der Waals surface area contributed by atoms with Crippen molar-refractivity contribution in [3.63, 3.8) is 0 Å². The zero-order chi connectivity index (χ0) is 16.8. The number of rotatable bonds is 8.